The molecule has 2 heterocycles. The summed E-state index contributed by atoms with van der Waals surface area (Å²) in [7, 11) is 0. The average Bonchev–Trinajstić information content (AvgIpc) is 2.84. The minimum Gasteiger partial charge on any atom is -0.454 e. The van der Waals surface area contributed by atoms with Gasteiger partial charge in [0.2, 0.25) is 0 Å². The van der Waals surface area contributed by atoms with Crippen LogP contribution in [0.2, 0.25) is 0 Å². The van der Waals surface area contributed by atoms with Gasteiger partial charge in [0, 0.05) is 11.4 Å². The van der Waals surface area contributed by atoms with Gasteiger partial charge in [-0.1, -0.05) is 52.4 Å². The molecule has 2 aromatic heterocycles. The summed E-state index contributed by atoms with van der Waals surface area (Å²) in [4.78, 5) is 9.35. The summed E-state index contributed by atoms with van der Waals surface area (Å²) in [6.07, 6.45) is 19.7. The summed E-state index contributed by atoms with van der Waals surface area (Å²) in [5, 5.41) is 0. The van der Waals surface area contributed by atoms with Crippen LogP contribution >= 0.6 is 0 Å². The largest absolute Gasteiger partial charge is 0.454 e. The van der Waals surface area contributed by atoms with Crippen molar-refractivity contribution in [3.8, 4) is 11.5 Å². The lowest BCUT2D eigenvalue weighted by molar-refractivity contribution is 0.267. The topological polar surface area (TPSA) is 35.0 Å². The van der Waals surface area contributed by atoms with Crippen molar-refractivity contribution in [2.45, 2.75) is 105 Å². The van der Waals surface area contributed by atoms with Crippen LogP contribution in [0, 0.1) is 37.5 Å². The molecule has 4 rings (SSSR count). The molecule has 0 aliphatic heterocycles. The van der Waals surface area contributed by atoms with Crippen LogP contribution in [-0.2, 0) is 12.8 Å². The highest BCUT2D eigenvalue weighted by atomic mass is 16.5. The maximum atomic E-state index is 6.29. The lowest BCUT2D eigenvalue weighted by Crippen LogP contribution is -2.16. The fraction of sp³-hybridized carbons (Fsp3) is 0.667. The summed E-state index contributed by atoms with van der Waals surface area (Å²) >= 11 is 0. The molecule has 2 fully saturated rings. The first-order valence-corrected chi connectivity index (χ1v) is 13.6. The summed E-state index contributed by atoms with van der Waals surface area (Å²) in [5.41, 5.74) is 4.98. The standard InChI is InChI=1S/C30H44N2O/c1-5-23-7-11-25(12-8-23)15-27-17-29(19-31-21(27)3)33-30-18-28(22(4)32-20-30)16-26-13-9-24(6-2)10-14-26/h17-20,23-26H,5-16H2,1-4H3. The predicted molar refractivity (Wildman–Crippen MR) is 137 cm³/mol. The molecule has 0 spiro atoms. The van der Waals surface area contributed by atoms with Crippen LogP contribution in [-0.4, -0.2) is 9.97 Å². The van der Waals surface area contributed by atoms with Crippen LogP contribution in [0.15, 0.2) is 24.5 Å². The first kappa shape index (κ1) is 24.2. The Morgan fingerprint density at radius 2 is 1.00 bits per heavy atom. The lowest BCUT2D eigenvalue weighted by Gasteiger charge is -2.28. The number of nitrogens with zero attached hydrogens (tertiary/aromatic N) is 2. The highest BCUT2D eigenvalue weighted by molar-refractivity contribution is 5.36. The summed E-state index contributed by atoms with van der Waals surface area (Å²) < 4.78 is 6.29. The Morgan fingerprint density at radius 3 is 1.36 bits per heavy atom. The summed E-state index contributed by atoms with van der Waals surface area (Å²) in [6.45, 7) is 8.94. The third kappa shape index (κ3) is 6.58. The van der Waals surface area contributed by atoms with Crippen molar-refractivity contribution in [1.82, 2.24) is 9.97 Å². The second-order valence-electron chi connectivity index (χ2n) is 10.9. The van der Waals surface area contributed by atoms with Crippen LogP contribution in [0.1, 0.15) is 101 Å². The maximum absolute atomic E-state index is 6.29. The van der Waals surface area contributed by atoms with Crippen LogP contribution < -0.4 is 4.74 Å². The van der Waals surface area contributed by atoms with Gasteiger partial charge in [-0.2, -0.15) is 0 Å². The highest BCUT2D eigenvalue weighted by Crippen LogP contribution is 2.35. The normalized spacial score (nSPS) is 25.7. The predicted octanol–water partition coefficient (Wildman–Crippen LogP) is 8.40. The van der Waals surface area contributed by atoms with E-state index in [0.717, 1.165) is 59.4 Å². The van der Waals surface area contributed by atoms with Crippen LogP contribution in [0.5, 0.6) is 11.5 Å². The average molecular weight is 449 g/mol. The van der Waals surface area contributed by atoms with Gasteiger partial charge >= 0.3 is 0 Å². The number of hydrogen-bond donors (Lipinski definition) is 0. The first-order chi connectivity index (χ1) is 16.0. The number of hydrogen-bond acceptors (Lipinski definition) is 3. The fourth-order valence-electron chi connectivity index (χ4n) is 6.08. The van der Waals surface area contributed by atoms with Gasteiger partial charge in [0.1, 0.15) is 11.5 Å². The second kappa shape index (κ2) is 11.5. The molecular weight excluding hydrogens is 404 g/mol. The Kier molecular flexibility index (Phi) is 8.44. The number of rotatable bonds is 8. The summed E-state index contributed by atoms with van der Waals surface area (Å²) in [5.74, 6) is 5.16. The van der Waals surface area contributed by atoms with Gasteiger partial charge in [-0.3, -0.25) is 9.97 Å². The Labute approximate surface area is 201 Å². The molecule has 180 valence electrons. The smallest absolute Gasteiger partial charge is 0.146 e. The third-order valence-electron chi connectivity index (χ3n) is 8.67. The molecule has 2 aliphatic rings. The van der Waals surface area contributed by atoms with Gasteiger partial charge in [-0.25, -0.2) is 0 Å². The minimum atomic E-state index is 0.791. The van der Waals surface area contributed by atoms with E-state index in [-0.39, 0.29) is 0 Å². The van der Waals surface area contributed by atoms with Crippen molar-refractivity contribution in [2.24, 2.45) is 23.7 Å². The van der Waals surface area contributed by atoms with E-state index in [1.165, 1.54) is 75.3 Å². The van der Waals surface area contributed by atoms with Crippen LogP contribution in [0.4, 0.5) is 0 Å². The van der Waals surface area contributed by atoms with E-state index in [1.807, 2.05) is 12.4 Å². The quantitative estimate of drug-likeness (QED) is 0.406. The number of ether oxygens (including phenoxy) is 1. The molecule has 0 radical (unpaired) electrons. The van der Waals surface area contributed by atoms with Gasteiger partial charge < -0.3 is 4.74 Å². The summed E-state index contributed by atoms with van der Waals surface area (Å²) in [6, 6.07) is 4.44. The van der Waals surface area contributed by atoms with E-state index < -0.39 is 0 Å². The Morgan fingerprint density at radius 1 is 0.636 bits per heavy atom. The SMILES string of the molecule is CCC1CCC(Cc2cc(Oc3cnc(C)c(CC4CCC(CC)CC4)c3)cnc2C)CC1. The molecule has 2 saturated carbocycles. The van der Waals surface area contributed by atoms with E-state index >= 15 is 0 Å². The van der Waals surface area contributed by atoms with Gasteiger partial charge in [-0.05, 0) is 99.3 Å². The molecule has 33 heavy (non-hydrogen) atoms. The molecule has 0 atom stereocenters. The number of pyridine rings is 2. The molecular formula is C30H44N2O. The lowest BCUT2D eigenvalue weighted by atomic mass is 9.78. The number of aryl methyl sites for hydroxylation is 2. The molecule has 0 saturated heterocycles. The minimum absolute atomic E-state index is 0.791. The third-order valence-corrected chi connectivity index (χ3v) is 8.67. The monoisotopic (exact) mass is 448 g/mol. The zero-order chi connectivity index (χ0) is 23.2. The maximum Gasteiger partial charge on any atom is 0.146 e. The van der Waals surface area contributed by atoms with Gasteiger partial charge in [0.25, 0.3) is 0 Å². The van der Waals surface area contributed by atoms with Crippen molar-refractivity contribution in [3.05, 3.63) is 47.0 Å². The number of aromatic nitrogens is 2. The first-order valence-electron chi connectivity index (χ1n) is 13.6. The van der Waals surface area contributed by atoms with Gasteiger partial charge in [0.15, 0.2) is 0 Å². The zero-order valence-corrected chi connectivity index (χ0v) is 21.4. The van der Waals surface area contributed by atoms with E-state index in [1.54, 1.807) is 0 Å². The Bertz CT molecular complexity index is 819. The molecule has 0 bridgehead atoms. The van der Waals surface area contributed by atoms with Crippen LogP contribution in [0.3, 0.4) is 0 Å². The molecule has 3 nitrogen and oxygen atoms in total. The Hall–Kier alpha value is -1.90. The molecule has 3 heteroatoms. The molecule has 2 aromatic rings. The van der Waals surface area contributed by atoms with Crippen molar-refractivity contribution in [3.63, 3.8) is 0 Å². The van der Waals surface area contributed by atoms with E-state index in [4.69, 9.17) is 4.74 Å². The second-order valence-corrected chi connectivity index (χ2v) is 10.9. The van der Waals surface area contributed by atoms with Crippen molar-refractivity contribution < 1.29 is 4.74 Å². The molecule has 0 aromatic carbocycles. The Balaban J connectivity index is 1.39. The van der Waals surface area contributed by atoms with Gasteiger partial charge in [-0.15, -0.1) is 0 Å². The van der Waals surface area contributed by atoms with Crippen molar-refractivity contribution >= 4 is 0 Å². The zero-order valence-electron chi connectivity index (χ0n) is 21.4. The fourth-order valence-corrected chi connectivity index (χ4v) is 6.08. The van der Waals surface area contributed by atoms with E-state index in [9.17, 15) is 0 Å². The van der Waals surface area contributed by atoms with Crippen LogP contribution in [0.25, 0.3) is 0 Å². The van der Waals surface area contributed by atoms with Crippen molar-refractivity contribution in [1.29, 1.82) is 0 Å². The van der Waals surface area contributed by atoms with Gasteiger partial charge in [0.05, 0.1) is 12.4 Å². The molecule has 0 unspecified atom stereocenters. The molecule has 0 amide bonds. The van der Waals surface area contributed by atoms with E-state index in [0.29, 0.717) is 0 Å². The van der Waals surface area contributed by atoms with E-state index in [2.05, 4.69) is 49.8 Å². The highest BCUT2D eigenvalue weighted by Gasteiger charge is 2.22. The molecule has 2 aliphatic carbocycles. The van der Waals surface area contributed by atoms with Crippen molar-refractivity contribution in [2.75, 3.05) is 0 Å². The molecule has 0 N–H and O–H groups in total.